The van der Waals surface area contributed by atoms with E-state index in [0.717, 1.165) is 17.9 Å². The summed E-state index contributed by atoms with van der Waals surface area (Å²) in [5.41, 5.74) is 1.12. The Bertz CT molecular complexity index is 735. The van der Waals surface area contributed by atoms with Gasteiger partial charge < -0.3 is 15.5 Å². The van der Waals surface area contributed by atoms with Gasteiger partial charge in [0.2, 0.25) is 6.41 Å². The van der Waals surface area contributed by atoms with Gasteiger partial charge in [-0.1, -0.05) is 63.0 Å². The molecule has 2 amide bonds. The summed E-state index contributed by atoms with van der Waals surface area (Å²) < 4.78 is 0. The third kappa shape index (κ3) is 9.01. The van der Waals surface area contributed by atoms with Gasteiger partial charge in [-0.25, -0.2) is 4.98 Å². The standard InChI is InChI=1S/C18H20Cl2N4O2.2C2H6/c1-2-24(9-8-21-12-25)16-7-6-13(10-22-16)11-23-18(26)17-14(19)4-3-5-15(17)20;2*1-2/h3-7,10,12H,2,8-9,11H2,1H3,(H,21,25)(H,23,26);2*1-2H3. The summed E-state index contributed by atoms with van der Waals surface area (Å²) in [4.78, 5) is 29.1. The first-order chi connectivity index (χ1) is 14.6. The Labute approximate surface area is 190 Å². The summed E-state index contributed by atoms with van der Waals surface area (Å²) in [7, 11) is 0. The van der Waals surface area contributed by atoms with Crippen molar-refractivity contribution in [1.82, 2.24) is 15.6 Å². The van der Waals surface area contributed by atoms with Gasteiger partial charge in [-0.15, -0.1) is 0 Å². The maximum absolute atomic E-state index is 12.3. The maximum atomic E-state index is 12.3. The van der Waals surface area contributed by atoms with E-state index in [0.29, 0.717) is 36.1 Å². The van der Waals surface area contributed by atoms with Gasteiger partial charge >= 0.3 is 0 Å². The van der Waals surface area contributed by atoms with Crippen LogP contribution in [-0.2, 0) is 11.3 Å². The lowest BCUT2D eigenvalue weighted by Crippen LogP contribution is -2.32. The summed E-state index contributed by atoms with van der Waals surface area (Å²) in [6, 6.07) is 8.71. The smallest absolute Gasteiger partial charge is 0.254 e. The molecule has 0 unspecified atom stereocenters. The van der Waals surface area contributed by atoms with Crippen molar-refractivity contribution in [2.75, 3.05) is 24.5 Å². The Morgan fingerprint density at radius 1 is 1.10 bits per heavy atom. The molecule has 1 heterocycles. The van der Waals surface area contributed by atoms with E-state index in [-0.39, 0.29) is 11.5 Å². The topological polar surface area (TPSA) is 74.3 Å². The molecule has 8 heteroatoms. The lowest BCUT2D eigenvalue weighted by Gasteiger charge is -2.21. The molecule has 0 saturated heterocycles. The van der Waals surface area contributed by atoms with E-state index < -0.39 is 0 Å². The van der Waals surface area contributed by atoms with E-state index in [1.807, 2.05) is 51.7 Å². The number of hydrogen-bond donors (Lipinski definition) is 2. The summed E-state index contributed by atoms with van der Waals surface area (Å²) in [5, 5.41) is 6.05. The lowest BCUT2D eigenvalue weighted by atomic mass is 10.2. The van der Waals surface area contributed by atoms with Crippen molar-refractivity contribution in [2.24, 2.45) is 0 Å². The molecule has 30 heavy (non-hydrogen) atoms. The Morgan fingerprint density at radius 3 is 2.23 bits per heavy atom. The minimum Gasteiger partial charge on any atom is -0.357 e. The molecule has 0 aliphatic carbocycles. The van der Waals surface area contributed by atoms with Gasteiger partial charge in [-0.05, 0) is 30.7 Å². The van der Waals surface area contributed by atoms with E-state index in [9.17, 15) is 9.59 Å². The zero-order valence-corrected chi connectivity index (χ0v) is 19.8. The van der Waals surface area contributed by atoms with Crippen molar-refractivity contribution in [2.45, 2.75) is 41.2 Å². The molecule has 2 aromatic rings. The van der Waals surface area contributed by atoms with Gasteiger partial charge in [0.15, 0.2) is 0 Å². The first-order valence-electron chi connectivity index (χ1n) is 10.2. The molecule has 0 atom stereocenters. The molecule has 1 aromatic carbocycles. The second-order valence-corrected chi connectivity index (χ2v) is 6.27. The summed E-state index contributed by atoms with van der Waals surface area (Å²) in [6.07, 6.45) is 2.39. The number of nitrogens with zero attached hydrogens (tertiary/aromatic N) is 2. The normalized spacial score (nSPS) is 9.30. The van der Waals surface area contributed by atoms with Crippen molar-refractivity contribution in [3.63, 3.8) is 0 Å². The number of likely N-dealkylation sites (N-methyl/N-ethyl adjacent to an activating group) is 1. The van der Waals surface area contributed by atoms with Crippen LogP contribution in [0.15, 0.2) is 36.5 Å². The number of benzene rings is 1. The number of nitrogens with one attached hydrogen (secondary N) is 2. The fourth-order valence-electron chi connectivity index (χ4n) is 2.39. The van der Waals surface area contributed by atoms with E-state index >= 15 is 0 Å². The highest BCUT2D eigenvalue weighted by Gasteiger charge is 2.14. The third-order valence-corrected chi connectivity index (χ3v) is 4.40. The van der Waals surface area contributed by atoms with E-state index in [2.05, 4.69) is 15.6 Å². The van der Waals surface area contributed by atoms with Crippen LogP contribution in [0.4, 0.5) is 5.82 Å². The molecule has 2 N–H and O–H groups in total. The van der Waals surface area contributed by atoms with E-state index in [4.69, 9.17) is 23.2 Å². The maximum Gasteiger partial charge on any atom is 0.254 e. The van der Waals surface area contributed by atoms with Crippen molar-refractivity contribution in [3.8, 4) is 0 Å². The van der Waals surface area contributed by atoms with Crippen molar-refractivity contribution in [1.29, 1.82) is 0 Å². The summed E-state index contributed by atoms with van der Waals surface area (Å²) in [5.74, 6) is 0.476. The average molecular weight is 455 g/mol. The molecule has 0 saturated carbocycles. The van der Waals surface area contributed by atoms with Crippen molar-refractivity contribution < 1.29 is 9.59 Å². The largest absolute Gasteiger partial charge is 0.357 e. The fraction of sp³-hybridized carbons (Fsp3) is 0.409. The van der Waals surface area contributed by atoms with Crippen LogP contribution in [0.1, 0.15) is 50.5 Å². The molecular weight excluding hydrogens is 423 g/mol. The minimum absolute atomic E-state index is 0.264. The Morgan fingerprint density at radius 2 is 1.73 bits per heavy atom. The molecule has 2 rings (SSSR count). The van der Waals surface area contributed by atoms with Crippen molar-refractivity contribution >= 4 is 41.3 Å². The van der Waals surface area contributed by atoms with E-state index in [1.54, 1.807) is 24.4 Å². The molecule has 0 aliphatic rings. The number of aromatic nitrogens is 1. The summed E-state index contributed by atoms with van der Waals surface area (Å²) in [6.45, 7) is 12.3. The van der Waals surface area contributed by atoms with Gasteiger partial charge in [0.1, 0.15) is 5.82 Å². The van der Waals surface area contributed by atoms with Crippen LogP contribution in [-0.4, -0.2) is 36.9 Å². The van der Waals surface area contributed by atoms with Crippen LogP contribution in [0.3, 0.4) is 0 Å². The Hall–Kier alpha value is -2.31. The number of pyridine rings is 1. The number of hydrogen-bond acceptors (Lipinski definition) is 4. The van der Waals surface area contributed by atoms with Gasteiger partial charge in [0.05, 0.1) is 15.6 Å². The van der Waals surface area contributed by atoms with Crippen LogP contribution in [0.25, 0.3) is 0 Å². The predicted octanol–water partition coefficient (Wildman–Crippen LogP) is 4.94. The molecule has 0 spiro atoms. The molecule has 6 nitrogen and oxygen atoms in total. The zero-order valence-electron chi connectivity index (χ0n) is 18.3. The zero-order chi connectivity index (χ0) is 22.9. The quantitative estimate of drug-likeness (QED) is 0.415. The monoisotopic (exact) mass is 454 g/mol. The molecule has 0 radical (unpaired) electrons. The predicted molar refractivity (Wildman–Crippen MR) is 127 cm³/mol. The van der Waals surface area contributed by atoms with Gasteiger partial charge in [0, 0.05) is 32.4 Å². The van der Waals surface area contributed by atoms with Crippen molar-refractivity contribution in [3.05, 3.63) is 57.7 Å². The molecule has 0 aliphatic heterocycles. The number of amides is 2. The van der Waals surface area contributed by atoms with Crippen LogP contribution < -0.4 is 15.5 Å². The lowest BCUT2D eigenvalue weighted by molar-refractivity contribution is -0.109. The van der Waals surface area contributed by atoms with Crippen LogP contribution >= 0.6 is 23.2 Å². The third-order valence-electron chi connectivity index (χ3n) is 3.77. The van der Waals surface area contributed by atoms with Gasteiger partial charge in [-0.3, -0.25) is 9.59 Å². The number of halogens is 2. The van der Waals surface area contributed by atoms with Gasteiger partial charge in [0.25, 0.3) is 5.91 Å². The van der Waals surface area contributed by atoms with Crippen LogP contribution in [0.2, 0.25) is 10.0 Å². The first kappa shape index (κ1) is 27.7. The number of anilines is 1. The highest BCUT2D eigenvalue weighted by molar-refractivity contribution is 6.39. The Kier molecular flexibility index (Phi) is 15.2. The Balaban J connectivity index is 0.00000198. The summed E-state index contributed by atoms with van der Waals surface area (Å²) >= 11 is 12.1. The average Bonchev–Trinajstić information content (AvgIpc) is 2.78. The SMILES string of the molecule is CC.CC.CCN(CCNC=O)c1ccc(CNC(=O)c2c(Cl)cccc2Cl)cn1. The highest BCUT2D eigenvalue weighted by atomic mass is 35.5. The van der Waals surface area contributed by atoms with Gasteiger partial charge in [-0.2, -0.15) is 0 Å². The number of carbonyl (C=O) groups excluding carboxylic acids is 2. The molecule has 166 valence electrons. The second kappa shape index (κ2) is 16.5. The number of rotatable bonds is 9. The molecule has 0 fully saturated rings. The highest BCUT2D eigenvalue weighted by Crippen LogP contribution is 2.24. The van der Waals surface area contributed by atoms with Crippen LogP contribution in [0.5, 0.6) is 0 Å². The minimum atomic E-state index is -0.334. The van der Waals surface area contributed by atoms with E-state index in [1.165, 1.54) is 0 Å². The first-order valence-corrected chi connectivity index (χ1v) is 10.9. The molecular formula is C22H32Cl2N4O2. The number of carbonyl (C=O) groups is 2. The second-order valence-electron chi connectivity index (χ2n) is 5.46. The molecule has 1 aromatic heterocycles. The fourth-order valence-corrected chi connectivity index (χ4v) is 2.96. The van der Waals surface area contributed by atoms with Crippen LogP contribution in [0, 0.1) is 0 Å². The molecule has 0 bridgehead atoms.